The van der Waals surface area contributed by atoms with E-state index in [0.29, 0.717) is 22.5 Å². The van der Waals surface area contributed by atoms with E-state index in [1.807, 2.05) is 0 Å². The van der Waals surface area contributed by atoms with Crippen molar-refractivity contribution in [2.24, 2.45) is 17.3 Å². The van der Waals surface area contributed by atoms with Crippen LogP contribution >= 0.6 is 15.9 Å². The molecule has 20 heavy (non-hydrogen) atoms. The average Bonchev–Trinajstić information content (AvgIpc) is 2.85. The lowest BCUT2D eigenvalue weighted by molar-refractivity contribution is -0.0104. The van der Waals surface area contributed by atoms with Gasteiger partial charge in [-0.3, -0.25) is 0 Å². The molecule has 2 atom stereocenters. The van der Waals surface area contributed by atoms with Gasteiger partial charge in [0.05, 0.1) is 6.61 Å². The Balaban J connectivity index is 1.51. The standard InChI is InChI=1S/C15H18BrNO3/c1-15(2)10-4-3-9(11(15)7-10)5-6-19-14(18)12-8-13(16)17-20-12/h3,8,10-11H,4-7H2,1-2H3/t10-,11-/m0/s1. The highest BCUT2D eigenvalue weighted by atomic mass is 79.9. The van der Waals surface area contributed by atoms with Gasteiger partial charge in [-0.25, -0.2) is 4.79 Å². The molecular weight excluding hydrogens is 322 g/mol. The second-order valence-corrected chi connectivity index (χ2v) is 7.03. The number of aromatic nitrogens is 1. The summed E-state index contributed by atoms with van der Waals surface area (Å²) in [5.74, 6) is 1.19. The van der Waals surface area contributed by atoms with Crippen LogP contribution in [-0.4, -0.2) is 17.7 Å². The van der Waals surface area contributed by atoms with Crippen LogP contribution in [0.5, 0.6) is 0 Å². The molecule has 1 heterocycles. The number of rotatable bonds is 4. The van der Waals surface area contributed by atoms with Gasteiger partial charge in [0, 0.05) is 12.5 Å². The van der Waals surface area contributed by atoms with Gasteiger partial charge in [-0.1, -0.05) is 30.7 Å². The van der Waals surface area contributed by atoms with Crippen molar-refractivity contribution < 1.29 is 14.1 Å². The topological polar surface area (TPSA) is 52.3 Å². The Morgan fingerprint density at radius 2 is 2.40 bits per heavy atom. The lowest BCUT2D eigenvalue weighted by atomic mass is 9.48. The van der Waals surface area contributed by atoms with E-state index >= 15 is 0 Å². The molecule has 5 heteroatoms. The zero-order chi connectivity index (χ0) is 14.3. The zero-order valence-electron chi connectivity index (χ0n) is 11.7. The molecule has 0 saturated heterocycles. The molecular formula is C15H18BrNO3. The van der Waals surface area contributed by atoms with E-state index in [1.54, 1.807) is 0 Å². The van der Waals surface area contributed by atoms with Gasteiger partial charge in [0.1, 0.15) is 4.60 Å². The minimum atomic E-state index is -0.453. The summed E-state index contributed by atoms with van der Waals surface area (Å²) >= 11 is 3.14. The van der Waals surface area contributed by atoms with E-state index < -0.39 is 5.97 Å². The molecule has 0 unspecified atom stereocenters. The summed E-state index contributed by atoms with van der Waals surface area (Å²) in [7, 11) is 0. The van der Waals surface area contributed by atoms with Crippen LogP contribution in [0.2, 0.25) is 0 Å². The molecule has 3 aliphatic carbocycles. The average molecular weight is 340 g/mol. The van der Waals surface area contributed by atoms with Gasteiger partial charge >= 0.3 is 5.97 Å². The van der Waals surface area contributed by atoms with Crippen molar-refractivity contribution in [3.63, 3.8) is 0 Å². The van der Waals surface area contributed by atoms with Crippen molar-refractivity contribution in [1.29, 1.82) is 0 Å². The lowest BCUT2D eigenvalue weighted by Crippen LogP contribution is -2.48. The molecule has 0 aliphatic heterocycles. The Labute approximate surface area is 126 Å². The molecule has 108 valence electrons. The van der Waals surface area contributed by atoms with Crippen LogP contribution in [0.1, 0.15) is 43.7 Å². The van der Waals surface area contributed by atoms with Crippen molar-refractivity contribution in [1.82, 2.24) is 5.16 Å². The number of carbonyl (C=O) groups is 1. The van der Waals surface area contributed by atoms with Crippen LogP contribution in [0.15, 0.2) is 26.8 Å². The van der Waals surface area contributed by atoms with Gasteiger partial charge in [-0.15, -0.1) is 0 Å². The van der Waals surface area contributed by atoms with E-state index in [9.17, 15) is 4.79 Å². The second-order valence-electron chi connectivity index (χ2n) is 6.22. The van der Waals surface area contributed by atoms with E-state index in [2.05, 4.69) is 41.0 Å². The number of hydrogen-bond acceptors (Lipinski definition) is 4. The first-order chi connectivity index (χ1) is 9.48. The summed E-state index contributed by atoms with van der Waals surface area (Å²) < 4.78 is 10.6. The van der Waals surface area contributed by atoms with Gasteiger partial charge < -0.3 is 9.26 Å². The van der Waals surface area contributed by atoms with E-state index in [-0.39, 0.29) is 5.76 Å². The monoisotopic (exact) mass is 339 g/mol. The van der Waals surface area contributed by atoms with E-state index in [0.717, 1.165) is 12.3 Å². The molecule has 1 fully saturated rings. The van der Waals surface area contributed by atoms with Crippen LogP contribution in [-0.2, 0) is 4.74 Å². The molecule has 0 amide bonds. The van der Waals surface area contributed by atoms with Crippen molar-refractivity contribution in [2.45, 2.75) is 33.1 Å². The molecule has 0 aromatic carbocycles. The maximum atomic E-state index is 11.7. The Kier molecular flexibility index (Phi) is 3.48. The fraction of sp³-hybridized carbons (Fsp3) is 0.600. The van der Waals surface area contributed by atoms with Crippen LogP contribution in [0, 0.1) is 17.3 Å². The van der Waals surface area contributed by atoms with Crippen LogP contribution in [0.3, 0.4) is 0 Å². The van der Waals surface area contributed by atoms with Gasteiger partial charge in [0.2, 0.25) is 5.76 Å². The molecule has 4 nitrogen and oxygen atoms in total. The Morgan fingerprint density at radius 1 is 1.60 bits per heavy atom. The molecule has 1 aromatic rings. The number of hydrogen-bond donors (Lipinski definition) is 0. The quantitative estimate of drug-likeness (QED) is 0.615. The first-order valence-electron chi connectivity index (χ1n) is 6.96. The van der Waals surface area contributed by atoms with Crippen molar-refractivity contribution in [3.05, 3.63) is 28.1 Å². The highest BCUT2D eigenvalue weighted by Gasteiger charge is 2.50. The lowest BCUT2D eigenvalue weighted by Gasteiger charge is -2.56. The minimum absolute atomic E-state index is 0.138. The smallest absolute Gasteiger partial charge is 0.377 e. The molecule has 0 spiro atoms. The maximum absolute atomic E-state index is 11.7. The highest BCUT2D eigenvalue weighted by molar-refractivity contribution is 9.10. The highest BCUT2D eigenvalue weighted by Crippen LogP contribution is 2.59. The molecule has 2 bridgehead atoms. The predicted molar refractivity (Wildman–Crippen MR) is 77.2 cm³/mol. The molecule has 0 N–H and O–H groups in total. The first kappa shape index (κ1) is 13.9. The summed E-state index contributed by atoms with van der Waals surface area (Å²) in [6, 6.07) is 1.52. The number of carbonyl (C=O) groups excluding carboxylic acids is 1. The minimum Gasteiger partial charge on any atom is -0.459 e. The third kappa shape index (κ3) is 2.32. The van der Waals surface area contributed by atoms with Crippen molar-refractivity contribution in [2.75, 3.05) is 6.61 Å². The van der Waals surface area contributed by atoms with Gasteiger partial charge in [-0.2, -0.15) is 0 Å². The number of nitrogens with zero attached hydrogens (tertiary/aromatic N) is 1. The predicted octanol–water partition coefficient (Wildman–Crippen LogP) is 3.98. The Hall–Kier alpha value is -1.10. The van der Waals surface area contributed by atoms with Gasteiger partial charge in [-0.05, 0) is 46.0 Å². The number of allylic oxidation sites excluding steroid dienone is 1. The fourth-order valence-corrected chi connectivity index (χ4v) is 3.72. The molecule has 3 aliphatic rings. The third-order valence-electron chi connectivity index (χ3n) is 4.89. The molecule has 1 saturated carbocycles. The molecule has 1 aromatic heterocycles. The summed E-state index contributed by atoms with van der Waals surface area (Å²) in [5.41, 5.74) is 1.87. The number of ether oxygens (including phenoxy) is 1. The van der Waals surface area contributed by atoms with Crippen LogP contribution in [0.25, 0.3) is 0 Å². The summed E-state index contributed by atoms with van der Waals surface area (Å²) in [4.78, 5) is 11.7. The van der Waals surface area contributed by atoms with Crippen LogP contribution in [0.4, 0.5) is 0 Å². The summed E-state index contributed by atoms with van der Waals surface area (Å²) in [5, 5.41) is 3.60. The summed E-state index contributed by atoms with van der Waals surface area (Å²) in [6.07, 6.45) is 5.62. The first-order valence-corrected chi connectivity index (χ1v) is 7.76. The summed E-state index contributed by atoms with van der Waals surface area (Å²) in [6.45, 7) is 5.09. The van der Waals surface area contributed by atoms with E-state index in [1.165, 1.54) is 24.5 Å². The fourth-order valence-electron chi connectivity index (χ4n) is 3.44. The second kappa shape index (κ2) is 5.02. The van der Waals surface area contributed by atoms with Gasteiger partial charge in [0.25, 0.3) is 0 Å². The maximum Gasteiger partial charge on any atom is 0.377 e. The number of fused-ring (bicyclic) bond motifs is 1. The van der Waals surface area contributed by atoms with E-state index in [4.69, 9.17) is 9.26 Å². The third-order valence-corrected chi connectivity index (χ3v) is 5.26. The SMILES string of the molecule is CC1(C)[C@H]2CC=C(CCOC(=O)c3cc(Br)no3)[C@@H]1C2. The number of halogens is 1. The van der Waals surface area contributed by atoms with Crippen molar-refractivity contribution >= 4 is 21.9 Å². The molecule has 0 radical (unpaired) electrons. The number of esters is 1. The van der Waals surface area contributed by atoms with Crippen LogP contribution < -0.4 is 0 Å². The van der Waals surface area contributed by atoms with Gasteiger partial charge in [0.15, 0.2) is 0 Å². The largest absolute Gasteiger partial charge is 0.459 e. The Bertz CT molecular complexity index is 561. The van der Waals surface area contributed by atoms with Crippen molar-refractivity contribution in [3.8, 4) is 0 Å². The molecule has 4 rings (SSSR count). The Morgan fingerprint density at radius 3 is 3.00 bits per heavy atom. The normalized spacial score (nSPS) is 26.6. The zero-order valence-corrected chi connectivity index (χ0v) is 13.3.